The van der Waals surface area contributed by atoms with Crippen LogP contribution in [-0.2, 0) is 6.54 Å². The number of hydrazone groups is 1. The molecule has 0 aliphatic carbocycles. The molecule has 0 radical (unpaired) electrons. The van der Waals surface area contributed by atoms with Gasteiger partial charge in [-0.3, -0.25) is 19.1 Å². The average Bonchev–Trinajstić information content (AvgIpc) is 2.54. The lowest BCUT2D eigenvalue weighted by molar-refractivity contribution is 0.0952. The molecule has 0 spiro atoms. The quantitative estimate of drug-likeness (QED) is 0.345. The molecule has 0 aliphatic heterocycles. The van der Waals surface area contributed by atoms with Crippen molar-refractivity contribution in [2.24, 2.45) is 5.10 Å². The number of phenolic OH excluding ortho intramolecular Hbond substituents is 1. The summed E-state index contributed by atoms with van der Waals surface area (Å²) in [5, 5.41) is 23.1. The molecule has 124 valence electrons. The van der Waals surface area contributed by atoms with Crippen molar-refractivity contribution in [3.8, 4) is 11.6 Å². The average molecular weight is 330 g/mol. The van der Waals surface area contributed by atoms with Crippen molar-refractivity contribution in [3.63, 3.8) is 0 Å². The fourth-order valence-electron chi connectivity index (χ4n) is 1.87. The van der Waals surface area contributed by atoms with E-state index in [-0.39, 0.29) is 23.4 Å². The molecule has 0 saturated heterocycles. The van der Waals surface area contributed by atoms with E-state index >= 15 is 0 Å². The summed E-state index contributed by atoms with van der Waals surface area (Å²) in [7, 11) is 0. The number of aromatic amines is 1. The Morgan fingerprint density at radius 3 is 2.71 bits per heavy atom. The molecule has 9 heteroatoms. The Hall–Kier alpha value is -3.62. The third-order valence-electron chi connectivity index (χ3n) is 3.03. The largest absolute Gasteiger partial charge is 0.507 e. The van der Waals surface area contributed by atoms with Gasteiger partial charge in [-0.1, -0.05) is 18.2 Å². The Morgan fingerprint density at radius 1 is 1.33 bits per heavy atom. The van der Waals surface area contributed by atoms with Crippen LogP contribution in [0, 0.1) is 0 Å². The van der Waals surface area contributed by atoms with Crippen LogP contribution in [0.3, 0.4) is 0 Å². The topological polar surface area (TPSA) is 137 Å². The van der Waals surface area contributed by atoms with Crippen LogP contribution < -0.4 is 16.7 Å². The van der Waals surface area contributed by atoms with Crippen molar-refractivity contribution in [1.29, 1.82) is 0 Å². The molecule has 1 aromatic carbocycles. The Balaban J connectivity index is 2.27. The Morgan fingerprint density at radius 2 is 2.04 bits per heavy atom. The van der Waals surface area contributed by atoms with Gasteiger partial charge in [-0.15, -0.1) is 6.58 Å². The van der Waals surface area contributed by atoms with E-state index in [9.17, 15) is 24.6 Å². The van der Waals surface area contributed by atoms with Crippen molar-refractivity contribution in [1.82, 2.24) is 15.0 Å². The van der Waals surface area contributed by atoms with Crippen LogP contribution in [0.4, 0.5) is 0 Å². The van der Waals surface area contributed by atoms with Gasteiger partial charge >= 0.3 is 5.69 Å². The molecule has 0 bridgehead atoms. The van der Waals surface area contributed by atoms with Crippen molar-refractivity contribution in [2.45, 2.75) is 6.54 Å². The number of nitrogens with zero attached hydrogens (tertiary/aromatic N) is 2. The van der Waals surface area contributed by atoms with Gasteiger partial charge in [-0.05, 0) is 12.1 Å². The van der Waals surface area contributed by atoms with E-state index in [0.29, 0.717) is 0 Å². The second kappa shape index (κ2) is 7.09. The summed E-state index contributed by atoms with van der Waals surface area (Å²) >= 11 is 0. The van der Waals surface area contributed by atoms with Gasteiger partial charge in [0.15, 0.2) is 0 Å². The second-order valence-corrected chi connectivity index (χ2v) is 4.61. The standard InChI is InChI=1S/C15H14N4O5/c1-2-7-19-14(23)10(12(21)17-15(19)24)8-16-18-13(22)9-5-3-4-6-11(9)20/h2-6,8,20,23H,1,7H2,(H,18,22)(H,17,21,24)/b16-8+. The number of amides is 1. The predicted octanol–water partition coefficient (Wildman–Crippen LogP) is -0.102. The van der Waals surface area contributed by atoms with Crippen molar-refractivity contribution >= 4 is 12.1 Å². The third kappa shape index (κ3) is 3.40. The fourth-order valence-corrected chi connectivity index (χ4v) is 1.87. The molecular formula is C15H14N4O5. The lowest BCUT2D eigenvalue weighted by Crippen LogP contribution is -2.32. The number of H-pyrrole nitrogens is 1. The zero-order valence-electron chi connectivity index (χ0n) is 12.4. The Labute approximate surface area is 135 Å². The van der Waals surface area contributed by atoms with Crippen molar-refractivity contribution < 1.29 is 15.0 Å². The number of rotatable bonds is 5. The maximum absolute atomic E-state index is 11.8. The van der Waals surface area contributed by atoms with Crippen LogP contribution in [0.5, 0.6) is 11.6 Å². The molecule has 1 heterocycles. The van der Waals surface area contributed by atoms with E-state index in [4.69, 9.17) is 0 Å². The lowest BCUT2D eigenvalue weighted by atomic mass is 10.2. The molecule has 0 atom stereocenters. The number of carbonyl (C=O) groups is 1. The van der Waals surface area contributed by atoms with Crippen LogP contribution in [-0.4, -0.2) is 31.9 Å². The molecule has 0 unspecified atom stereocenters. The summed E-state index contributed by atoms with van der Waals surface area (Å²) in [5.41, 5.74) is 0.126. The van der Waals surface area contributed by atoms with E-state index in [1.54, 1.807) is 12.1 Å². The van der Waals surface area contributed by atoms with E-state index in [1.165, 1.54) is 18.2 Å². The number of aromatic nitrogens is 2. The summed E-state index contributed by atoms with van der Waals surface area (Å²) in [4.78, 5) is 37.1. The number of carbonyl (C=O) groups excluding carboxylic acids is 1. The van der Waals surface area contributed by atoms with Crippen LogP contribution in [0.1, 0.15) is 15.9 Å². The maximum atomic E-state index is 11.8. The van der Waals surface area contributed by atoms with E-state index < -0.39 is 23.0 Å². The SMILES string of the molecule is C=CCn1c(O)c(/C=N/NC(=O)c2ccccc2O)c(=O)[nH]c1=O. The number of phenols is 1. The summed E-state index contributed by atoms with van der Waals surface area (Å²) in [6.07, 6.45) is 2.26. The summed E-state index contributed by atoms with van der Waals surface area (Å²) in [5.74, 6) is -1.55. The first-order valence-corrected chi connectivity index (χ1v) is 6.74. The number of nitrogens with one attached hydrogen (secondary N) is 2. The highest BCUT2D eigenvalue weighted by Gasteiger charge is 2.12. The molecule has 1 aromatic heterocycles. The van der Waals surface area contributed by atoms with Crippen molar-refractivity contribution in [3.05, 3.63) is 68.9 Å². The van der Waals surface area contributed by atoms with E-state index in [2.05, 4.69) is 17.1 Å². The second-order valence-electron chi connectivity index (χ2n) is 4.61. The molecule has 4 N–H and O–H groups in total. The number of benzene rings is 1. The first-order valence-electron chi connectivity index (χ1n) is 6.74. The maximum Gasteiger partial charge on any atom is 0.331 e. The fraction of sp³-hybridized carbons (Fsp3) is 0.0667. The van der Waals surface area contributed by atoms with Gasteiger partial charge in [0.2, 0.25) is 5.88 Å². The summed E-state index contributed by atoms with van der Waals surface area (Å²) < 4.78 is 0.876. The Kier molecular flexibility index (Phi) is 4.95. The van der Waals surface area contributed by atoms with Gasteiger partial charge in [-0.2, -0.15) is 5.10 Å². The first-order chi connectivity index (χ1) is 11.5. The van der Waals surface area contributed by atoms with Crippen LogP contribution in [0.15, 0.2) is 51.6 Å². The Bertz CT molecular complexity index is 926. The molecule has 9 nitrogen and oxygen atoms in total. The van der Waals surface area contributed by atoms with E-state index in [0.717, 1.165) is 10.8 Å². The molecule has 0 fully saturated rings. The van der Waals surface area contributed by atoms with Gasteiger partial charge in [0.05, 0.1) is 11.8 Å². The van der Waals surface area contributed by atoms with Crippen LogP contribution >= 0.6 is 0 Å². The van der Waals surface area contributed by atoms with Crippen molar-refractivity contribution in [2.75, 3.05) is 0 Å². The number of aromatic hydroxyl groups is 2. The number of hydrogen-bond acceptors (Lipinski definition) is 6. The highest BCUT2D eigenvalue weighted by molar-refractivity contribution is 5.97. The minimum atomic E-state index is -0.863. The van der Waals surface area contributed by atoms with Gasteiger partial charge in [0, 0.05) is 6.54 Å². The molecule has 0 aliphatic rings. The zero-order chi connectivity index (χ0) is 17.7. The molecule has 2 aromatic rings. The highest BCUT2D eigenvalue weighted by atomic mass is 16.3. The molecule has 2 rings (SSSR count). The molecule has 1 amide bonds. The smallest absolute Gasteiger partial charge is 0.331 e. The summed E-state index contributed by atoms with van der Waals surface area (Å²) in [6.45, 7) is 3.42. The molecule has 24 heavy (non-hydrogen) atoms. The van der Waals surface area contributed by atoms with E-state index in [1.807, 2.05) is 4.98 Å². The minimum Gasteiger partial charge on any atom is -0.507 e. The van der Waals surface area contributed by atoms with Crippen LogP contribution in [0.25, 0.3) is 0 Å². The first kappa shape index (κ1) is 16.7. The zero-order valence-corrected chi connectivity index (χ0v) is 12.4. The molecule has 0 saturated carbocycles. The minimum absolute atomic E-state index is 0.00981. The van der Waals surface area contributed by atoms with Gasteiger partial charge in [-0.25, -0.2) is 10.2 Å². The predicted molar refractivity (Wildman–Crippen MR) is 86.4 cm³/mol. The third-order valence-corrected chi connectivity index (χ3v) is 3.03. The summed E-state index contributed by atoms with van der Waals surface area (Å²) in [6, 6.07) is 5.82. The van der Waals surface area contributed by atoms with Gasteiger partial charge < -0.3 is 10.2 Å². The lowest BCUT2D eigenvalue weighted by Gasteiger charge is -2.06. The van der Waals surface area contributed by atoms with Crippen LogP contribution in [0.2, 0.25) is 0 Å². The molecular weight excluding hydrogens is 316 g/mol. The highest BCUT2D eigenvalue weighted by Crippen LogP contribution is 2.15. The number of hydrogen-bond donors (Lipinski definition) is 4. The van der Waals surface area contributed by atoms with Gasteiger partial charge in [0.25, 0.3) is 11.5 Å². The monoisotopic (exact) mass is 330 g/mol. The number of allylic oxidation sites excluding steroid dienone is 1. The normalized spacial score (nSPS) is 10.7. The number of para-hydroxylation sites is 1. The van der Waals surface area contributed by atoms with Gasteiger partial charge in [0.1, 0.15) is 11.3 Å².